The number of hydrogen-bond acceptors (Lipinski definition) is 5. The van der Waals surface area contributed by atoms with Crippen LogP contribution < -0.4 is 9.47 Å². The van der Waals surface area contributed by atoms with Crippen LogP contribution >= 0.6 is 0 Å². The molecular weight excluding hydrogens is 218 g/mol. The van der Waals surface area contributed by atoms with Gasteiger partial charge in [-0.25, -0.2) is 13.4 Å². The molecule has 1 rings (SSSR count). The van der Waals surface area contributed by atoms with Crippen molar-refractivity contribution in [2.45, 2.75) is 11.8 Å². The van der Waals surface area contributed by atoms with Crippen molar-refractivity contribution in [3.8, 4) is 11.6 Å². The molecule has 1 aromatic rings. The van der Waals surface area contributed by atoms with Gasteiger partial charge in [0.15, 0.2) is 14.7 Å². The van der Waals surface area contributed by atoms with Gasteiger partial charge in [-0.3, -0.25) is 0 Å². The second-order valence-electron chi connectivity index (χ2n) is 3.08. The topological polar surface area (TPSA) is 65.5 Å². The van der Waals surface area contributed by atoms with Gasteiger partial charge >= 0.3 is 0 Å². The molecule has 0 spiro atoms. The lowest BCUT2D eigenvalue weighted by Crippen LogP contribution is -2.06. The quantitative estimate of drug-likeness (QED) is 0.770. The zero-order valence-electron chi connectivity index (χ0n) is 9.07. The van der Waals surface area contributed by atoms with E-state index in [1.165, 1.54) is 14.2 Å². The molecule has 0 bridgehead atoms. The third-order valence-electron chi connectivity index (χ3n) is 1.82. The van der Waals surface area contributed by atoms with Crippen LogP contribution in [0, 0.1) is 6.92 Å². The van der Waals surface area contributed by atoms with E-state index in [9.17, 15) is 8.42 Å². The van der Waals surface area contributed by atoms with E-state index < -0.39 is 9.84 Å². The molecule has 0 aliphatic heterocycles. The third kappa shape index (κ3) is 2.38. The predicted molar refractivity (Wildman–Crippen MR) is 55.2 cm³/mol. The Bertz CT molecular complexity index is 442. The average Bonchev–Trinajstić information content (AvgIpc) is 2.14. The smallest absolute Gasteiger partial charge is 0.236 e. The summed E-state index contributed by atoms with van der Waals surface area (Å²) in [4.78, 5) is 3.97. The summed E-state index contributed by atoms with van der Waals surface area (Å²) in [6, 6.07) is 1.55. The Labute approximate surface area is 89.0 Å². The number of methoxy groups -OCH3 is 2. The number of aromatic nitrogens is 1. The lowest BCUT2D eigenvalue weighted by atomic mass is 10.3. The van der Waals surface area contributed by atoms with Crippen LogP contribution in [0.3, 0.4) is 0 Å². The molecule has 1 heterocycles. The molecule has 5 nitrogen and oxygen atoms in total. The summed E-state index contributed by atoms with van der Waals surface area (Å²) in [6.45, 7) is 1.73. The first-order valence-electron chi connectivity index (χ1n) is 4.20. The lowest BCUT2D eigenvalue weighted by Gasteiger charge is -2.11. The van der Waals surface area contributed by atoms with Gasteiger partial charge in [-0.1, -0.05) is 0 Å². The Morgan fingerprint density at radius 1 is 1.27 bits per heavy atom. The highest BCUT2D eigenvalue weighted by molar-refractivity contribution is 7.91. The molecule has 0 aliphatic carbocycles. The van der Waals surface area contributed by atoms with Crippen LogP contribution in [-0.2, 0) is 9.84 Å². The molecule has 0 unspecified atom stereocenters. The van der Waals surface area contributed by atoms with Crippen molar-refractivity contribution in [2.24, 2.45) is 0 Å². The van der Waals surface area contributed by atoms with Gasteiger partial charge in [0.1, 0.15) is 5.75 Å². The van der Waals surface area contributed by atoms with Gasteiger partial charge in [0.2, 0.25) is 5.88 Å². The zero-order chi connectivity index (χ0) is 11.6. The first kappa shape index (κ1) is 11.8. The largest absolute Gasteiger partial charge is 0.495 e. The number of pyridine rings is 1. The van der Waals surface area contributed by atoms with Crippen LogP contribution in [0.2, 0.25) is 0 Å². The minimum atomic E-state index is -3.42. The maximum atomic E-state index is 11.5. The fourth-order valence-corrected chi connectivity index (χ4v) is 2.19. The monoisotopic (exact) mass is 231 g/mol. The molecule has 0 atom stereocenters. The Balaban J connectivity index is 3.59. The van der Waals surface area contributed by atoms with E-state index in [0.717, 1.165) is 6.26 Å². The van der Waals surface area contributed by atoms with Crippen molar-refractivity contribution < 1.29 is 17.9 Å². The summed E-state index contributed by atoms with van der Waals surface area (Å²) in [5, 5.41) is 0. The Kier molecular flexibility index (Phi) is 3.18. The van der Waals surface area contributed by atoms with E-state index in [1.54, 1.807) is 13.0 Å². The minimum Gasteiger partial charge on any atom is -0.495 e. The van der Waals surface area contributed by atoms with E-state index in [2.05, 4.69) is 4.98 Å². The molecule has 0 radical (unpaired) electrons. The van der Waals surface area contributed by atoms with Crippen molar-refractivity contribution in [2.75, 3.05) is 20.5 Å². The van der Waals surface area contributed by atoms with E-state index in [-0.39, 0.29) is 16.5 Å². The second kappa shape index (κ2) is 4.06. The van der Waals surface area contributed by atoms with Crippen LogP contribution in [-0.4, -0.2) is 33.9 Å². The molecule has 0 amide bonds. The average molecular weight is 231 g/mol. The van der Waals surface area contributed by atoms with Crippen molar-refractivity contribution in [1.29, 1.82) is 0 Å². The molecule has 84 valence electrons. The highest BCUT2D eigenvalue weighted by Gasteiger charge is 2.22. The summed E-state index contributed by atoms with van der Waals surface area (Å²) in [5.74, 6) is 0.316. The summed E-state index contributed by atoms with van der Waals surface area (Å²) in [5.41, 5.74) is 0.635. The molecule has 1 aromatic heterocycles. The number of rotatable bonds is 3. The Hall–Kier alpha value is -1.30. The normalized spacial score (nSPS) is 11.2. The molecule has 0 aliphatic rings. The van der Waals surface area contributed by atoms with Crippen LogP contribution in [0.15, 0.2) is 11.0 Å². The number of hydrogen-bond donors (Lipinski definition) is 0. The molecule has 0 fully saturated rings. The maximum Gasteiger partial charge on any atom is 0.236 e. The third-order valence-corrected chi connectivity index (χ3v) is 2.94. The van der Waals surface area contributed by atoms with Gasteiger partial charge in [-0.15, -0.1) is 0 Å². The van der Waals surface area contributed by atoms with Gasteiger partial charge in [-0.05, 0) is 6.92 Å². The molecule has 6 heteroatoms. The highest BCUT2D eigenvalue weighted by Crippen LogP contribution is 2.31. The van der Waals surface area contributed by atoms with Gasteiger partial charge < -0.3 is 9.47 Å². The summed E-state index contributed by atoms with van der Waals surface area (Å²) >= 11 is 0. The summed E-state index contributed by atoms with van der Waals surface area (Å²) in [6.07, 6.45) is 1.09. The number of aryl methyl sites for hydroxylation is 1. The zero-order valence-corrected chi connectivity index (χ0v) is 9.88. The number of ether oxygens (including phenoxy) is 2. The van der Waals surface area contributed by atoms with E-state index in [0.29, 0.717) is 5.69 Å². The first-order valence-corrected chi connectivity index (χ1v) is 6.09. The highest BCUT2D eigenvalue weighted by atomic mass is 32.2. The van der Waals surface area contributed by atoms with Crippen LogP contribution in [0.4, 0.5) is 0 Å². The second-order valence-corrected chi connectivity index (χ2v) is 5.03. The number of sulfone groups is 1. The first-order chi connectivity index (χ1) is 6.90. The van der Waals surface area contributed by atoms with E-state index in [1.807, 2.05) is 0 Å². The standard InChI is InChI=1S/C9H13NO4S/c1-6-5-7(13-2)8(15(4,11)12)9(10-6)14-3/h5H,1-4H3. The molecule has 15 heavy (non-hydrogen) atoms. The minimum absolute atomic E-state index is 0.0156. The fraction of sp³-hybridized carbons (Fsp3) is 0.444. The fourth-order valence-electron chi connectivity index (χ4n) is 1.24. The van der Waals surface area contributed by atoms with Gasteiger partial charge in [0.25, 0.3) is 0 Å². The van der Waals surface area contributed by atoms with Crippen LogP contribution in [0.1, 0.15) is 5.69 Å². The maximum absolute atomic E-state index is 11.5. The summed E-state index contributed by atoms with van der Waals surface area (Å²) in [7, 11) is -0.641. The molecule has 0 N–H and O–H groups in total. The Morgan fingerprint density at radius 2 is 1.87 bits per heavy atom. The SMILES string of the molecule is COc1cc(C)nc(OC)c1S(C)(=O)=O. The van der Waals surface area contributed by atoms with Crippen molar-refractivity contribution in [3.63, 3.8) is 0 Å². The van der Waals surface area contributed by atoms with Crippen LogP contribution in [0.5, 0.6) is 11.6 Å². The van der Waals surface area contributed by atoms with Crippen molar-refractivity contribution in [1.82, 2.24) is 4.98 Å². The summed E-state index contributed by atoms with van der Waals surface area (Å²) < 4.78 is 32.9. The van der Waals surface area contributed by atoms with Crippen molar-refractivity contribution in [3.05, 3.63) is 11.8 Å². The van der Waals surface area contributed by atoms with E-state index >= 15 is 0 Å². The van der Waals surface area contributed by atoms with E-state index in [4.69, 9.17) is 9.47 Å². The van der Waals surface area contributed by atoms with Gasteiger partial charge in [0.05, 0.1) is 14.2 Å². The van der Waals surface area contributed by atoms with Crippen molar-refractivity contribution >= 4 is 9.84 Å². The Morgan fingerprint density at radius 3 is 2.27 bits per heavy atom. The molecule has 0 aromatic carbocycles. The lowest BCUT2D eigenvalue weighted by molar-refractivity contribution is 0.360. The number of nitrogens with zero attached hydrogens (tertiary/aromatic N) is 1. The molecule has 0 saturated carbocycles. The molecule has 0 saturated heterocycles. The van der Waals surface area contributed by atoms with Gasteiger partial charge in [-0.2, -0.15) is 0 Å². The predicted octanol–water partition coefficient (Wildman–Crippen LogP) is 0.811. The van der Waals surface area contributed by atoms with Gasteiger partial charge in [0, 0.05) is 18.0 Å². The van der Waals surface area contributed by atoms with Crippen LogP contribution in [0.25, 0.3) is 0 Å². The molecular formula is C9H13NO4S.